The number of hydrogen-bond acceptors (Lipinski definition) is 3. The van der Waals surface area contributed by atoms with Gasteiger partial charge in [-0.15, -0.1) is 0 Å². The Morgan fingerprint density at radius 2 is 1.57 bits per heavy atom. The first-order chi connectivity index (χ1) is 6.55. The van der Waals surface area contributed by atoms with Crippen LogP contribution < -0.4 is 5.32 Å². The molecule has 3 nitrogen and oxygen atoms in total. The van der Waals surface area contributed by atoms with Crippen LogP contribution in [0.4, 0.5) is 0 Å². The van der Waals surface area contributed by atoms with Crippen LogP contribution in [0.5, 0.6) is 0 Å². The van der Waals surface area contributed by atoms with Gasteiger partial charge in [-0.3, -0.25) is 0 Å². The van der Waals surface area contributed by atoms with Crippen molar-refractivity contribution in [3.8, 4) is 0 Å². The summed E-state index contributed by atoms with van der Waals surface area (Å²) >= 11 is 0. The van der Waals surface area contributed by atoms with Crippen LogP contribution in [0, 0.1) is 0 Å². The van der Waals surface area contributed by atoms with Crippen LogP contribution in [-0.2, 0) is 9.47 Å². The molecule has 0 aliphatic carbocycles. The van der Waals surface area contributed by atoms with Crippen molar-refractivity contribution >= 4 is 0 Å². The summed E-state index contributed by atoms with van der Waals surface area (Å²) in [6, 6.07) is 0. The molecule has 0 spiro atoms. The zero-order chi connectivity index (χ0) is 11.0. The summed E-state index contributed by atoms with van der Waals surface area (Å²) in [6.45, 7) is 12.6. The maximum Gasteiger partial charge on any atom is 0.169 e. The van der Waals surface area contributed by atoms with Gasteiger partial charge in [-0.2, -0.15) is 0 Å². The number of nitrogens with one attached hydrogen (secondary N) is 1. The van der Waals surface area contributed by atoms with Gasteiger partial charge in [-0.25, -0.2) is 0 Å². The van der Waals surface area contributed by atoms with Crippen LogP contribution >= 0.6 is 0 Å². The lowest BCUT2D eigenvalue weighted by atomic mass is 10.0. The lowest BCUT2D eigenvalue weighted by Crippen LogP contribution is -2.44. The van der Waals surface area contributed by atoms with Gasteiger partial charge in [0.1, 0.15) is 0 Å². The average molecular weight is 203 g/mol. The Morgan fingerprint density at radius 3 is 1.93 bits per heavy atom. The van der Waals surface area contributed by atoms with Gasteiger partial charge in [0.2, 0.25) is 0 Å². The van der Waals surface area contributed by atoms with Gasteiger partial charge >= 0.3 is 0 Å². The molecule has 0 bridgehead atoms. The Balaban J connectivity index is 3.80. The zero-order valence-corrected chi connectivity index (χ0v) is 10.2. The molecule has 0 unspecified atom stereocenters. The third-order valence-electron chi connectivity index (χ3n) is 2.34. The van der Waals surface area contributed by atoms with Crippen molar-refractivity contribution in [3.63, 3.8) is 0 Å². The average Bonchev–Trinajstić information content (AvgIpc) is 2.15. The Kier molecular flexibility index (Phi) is 7.15. The Labute approximate surface area is 88.2 Å². The van der Waals surface area contributed by atoms with E-state index in [-0.39, 0.29) is 11.8 Å². The summed E-state index contributed by atoms with van der Waals surface area (Å²) in [5, 5.41) is 3.43. The fourth-order valence-corrected chi connectivity index (χ4v) is 1.02. The molecular formula is C11H25NO2. The second-order valence-electron chi connectivity index (χ2n) is 3.96. The normalized spacial score (nSPS) is 12.4. The fourth-order valence-electron chi connectivity index (χ4n) is 1.02. The maximum atomic E-state index is 5.44. The smallest absolute Gasteiger partial charge is 0.169 e. The van der Waals surface area contributed by atoms with E-state index in [0.29, 0.717) is 13.2 Å². The molecule has 14 heavy (non-hydrogen) atoms. The minimum absolute atomic E-state index is 0.115. The molecule has 0 heterocycles. The number of rotatable bonds is 8. The third-order valence-corrected chi connectivity index (χ3v) is 2.34. The van der Waals surface area contributed by atoms with Gasteiger partial charge in [-0.1, -0.05) is 6.92 Å². The summed E-state index contributed by atoms with van der Waals surface area (Å²) in [6.07, 6.45) is 0.980. The molecule has 0 aliphatic heterocycles. The highest BCUT2D eigenvalue weighted by molar-refractivity contribution is 4.75. The van der Waals surface area contributed by atoms with E-state index in [9.17, 15) is 0 Å². The van der Waals surface area contributed by atoms with Gasteiger partial charge in [0.15, 0.2) is 6.29 Å². The van der Waals surface area contributed by atoms with Gasteiger partial charge < -0.3 is 14.8 Å². The summed E-state index contributed by atoms with van der Waals surface area (Å²) < 4.78 is 10.9. The van der Waals surface area contributed by atoms with Gasteiger partial charge in [0, 0.05) is 25.3 Å². The van der Waals surface area contributed by atoms with Crippen molar-refractivity contribution < 1.29 is 9.47 Å². The highest BCUT2D eigenvalue weighted by Gasteiger charge is 2.16. The summed E-state index contributed by atoms with van der Waals surface area (Å²) in [7, 11) is 0. The topological polar surface area (TPSA) is 30.5 Å². The molecule has 0 radical (unpaired) electrons. The molecule has 0 fully saturated rings. The highest BCUT2D eigenvalue weighted by atomic mass is 16.7. The Hall–Kier alpha value is -0.120. The van der Waals surface area contributed by atoms with Gasteiger partial charge in [-0.05, 0) is 34.1 Å². The standard InChI is InChI=1S/C11H25NO2/c1-6-11(4,5)12-9-10(13-7-2)14-8-3/h10,12H,6-9H2,1-5H3. The molecule has 0 aliphatic rings. The first-order valence-electron chi connectivity index (χ1n) is 5.54. The van der Waals surface area contributed by atoms with Crippen molar-refractivity contribution in [1.82, 2.24) is 5.32 Å². The zero-order valence-electron chi connectivity index (χ0n) is 10.2. The van der Waals surface area contributed by atoms with Gasteiger partial charge in [0.25, 0.3) is 0 Å². The predicted octanol–water partition coefficient (Wildman–Crippen LogP) is 2.16. The molecule has 0 saturated heterocycles. The first-order valence-corrected chi connectivity index (χ1v) is 5.54. The van der Waals surface area contributed by atoms with Crippen LogP contribution in [-0.4, -0.2) is 31.6 Å². The van der Waals surface area contributed by atoms with Crippen LogP contribution in [0.25, 0.3) is 0 Å². The SMILES string of the molecule is CCOC(CNC(C)(C)CC)OCC. The molecular weight excluding hydrogens is 178 g/mol. The largest absolute Gasteiger partial charge is 0.352 e. The van der Waals surface area contributed by atoms with Crippen LogP contribution in [0.3, 0.4) is 0 Å². The Morgan fingerprint density at radius 1 is 1.07 bits per heavy atom. The third kappa shape index (κ3) is 6.35. The van der Waals surface area contributed by atoms with E-state index in [1.807, 2.05) is 13.8 Å². The van der Waals surface area contributed by atoms with Crippen molar-refractivity contribution in [3.05, 3.63) is 0 Å². The monoisotopic (exact) mass is 203 g/mol. The van der Waals surface area contributed by atoms with E-state index in [1.54, 1.807) is 0 Å². The molecule has 0 aromatic carbocycles. The predicted molar refractivity (Wildman–Crippen MR) is 59.4 cm³/mol. The van der Waals surface area contributed by atoms with Crippen molar-refractivity contribution in [2.45, 2.75) is 52.9 Å². The van der Waals surface area contributed by atoms with Crippen molar-refractivity contribution in [1.29, 1.82) is 0 Å². The van der Waals surface area contributed by atoms with Crippen molar-refractivity contribution in [2.24, 2.45) is 0 Å². The molecule has 1 N–H and O–H groups in total. The van der Waals surface area contributed by atoms with Gasteiger partial charge in [0.05, 0.1) is 0 Å². The Bertz CT molecular complexity index is 131. The molecule has 0 aromatic heterocycles. The molecule has 0 rings (SSSR count). The second-order valence-corrected chi connectivity index (χ2v) is 3.96. The van der Waals surface area contributed by atoms with E-state index in [4.69, 9.17) is 9.47 Å². The second kappa shape index (κ2) is 7.21. The first kappa shape index (κ1) is 13.9. The minimum atomic E-state index is -0.115. The molecule has 0 atom stereocenters. The van der Waals surface area contributed by atoms with Crippen LogP contribution in [0.1, 0.15) is 41.0 Å². The highest BCUT2D eigenvalue weighted by Crippen LogP contribution is 2.07. The number of hydrogen-bond donors (Lipinski definition) is 1. The fraction of sp³-hybridized carbons (Fsp3) is 1.00. The van der Waals surface area contributed by atoms with E-state index in [1.165, 1.54) is 0 Å². The summed E-state index contributed by atoms with van der Waals surface area (Å²) in [5.41, 5.74) is 0.159. The lowest BCUT2D eigenvalue weighted by molar-refractivity contribution is -0.135. The molecule has 3 heteroatoms. The quantitative estimate of drug-likeness (QED) is 0.613. The minimum Gasteiger partial charge on any atom is -0.352 e. The van der Waals surface area contributed by atoms with Crippen LogP contribution in [0.2, 0.25) is 0 Å². The number of ether oxygens (including phenoxy) is 2. The van der Waals surface area contributed by atoms with E-state index in [0.717, 1.165) is 13.0 Å². The van der Waals surface area contributed by atoms with Crippen LogP contribution in [0.15, 0.2) is 0 Å². The molecule has 0 saturated carbocycles. The summed E-state index contributed by atoms with van der Waals surface area (Å²) in [4.78, 5) is 0. The van der Waals surface area contributed by atoms with E-state index < -0.39 is 0 Å². The lowest BCUT2D eigenvalue weighted by Gasteiger charge is -2.27. The van der Waals surface area contributed by atoms with E-state index >= 15 is 0 Å². The van der Waals surface area contributed by atoms with E-state index in [2.05, 4.69) is 26.1 Å². The maximum absolute atomic E-state index is 5.44. The molecule has 0 aromatic rings. The molecule has 0 amide bonds. The van der Waals surface area contributed by atoms with Crippen molar-refractivity contribution in [2.75, 3.05) is 19.8 Å². The molecule has 86 valence electrons. The summed E-state index contributed by atoms with van der Waals surface area (Å²) in [5.74, 6) is 0.